The largest absolute Gasteiger partial charge is 0.392 e. The van der Waals surface area contributed by atoms with Crippen molar-refractivity contribution in [2.45, 2.75) is 46.6 Å². The zero-order chi connectivity index (χ0) is 10.7. The van der Waals surface area contributed by atoms with Gasteiger partial charge in [-0.2, -0.15) is 0 Å². The second kappa shape index (κ2) is 4.61. The Morgan fingerprint density at radius 2 is 1.93 bits per heavy atom. The van der Waals surface area contributed by atoms with Crippen LogP contribution < -0.4 is 0 Å². The van der Waals surface area contributed by atoms with Crippen molar-refractivity contribution in [3.8, 4) is 0 Å². The Morgan fingerprint density at radius 1 is 1.29 bits per heavy atom. The monoisotopic (exact) mass is 192 g/mol. The molecular weight excluding hydrogens is 172 g/mol. The molecule has 0 bridgehead atoms. The van der Waals surface area contributed by atoms with Crippen LogP contribution in [-0.4, -0.2) is 5.11 Å². The van der Waals surface area contributed by atoms with Gasteiger partial charge in [0.15, 0.2) is 0 Å². The zero-order valence-corrected chi connectivity index (χ0v) is 9.59. The molecule has 0 saturated heterocycles. The molecule has 0 heterocycles. The standard InChI is InChI=1S/C13H20O/c1-5-9(2)12-7-6-10(3)13(8-14)11(12)4/h6-7,9,14H,5,8H2,1-4H3. The van der Waals surface area contributed by atoms with Crippen molar-refractivity contribution < 1.29 is 5.11 Å². The van der Waals surface area contributed by atoms with Gasteiger partial charge in [0.25, 0.3) is 0 Å². The maximum atomic E-state index is 9.28. The summed E-state index contributed by atoms with van der Waals surface area (Å²) in [5.41, 5.74) is 4.93. The molecular formula is C13H20O. The van der Waals surface area contributed by atoms with Gasteiger partial charge in [-0.05, 0) is 48.4 Å². The van der Waals surface area contributed by atoms with Crippen molar-refractivity contribution in [2.75, 3.05) is 0 Å². The van der Waals surface area contributed by atoms with Crippen LogP contribution in [0.2, 0.25) is 0 Å². The number of rotatable bonds is 3. The van der Waals surface area contributed by atoms with E-state index in [4.69, 9.17) is 0 Å². The highest BCUT2D eigenvalue weighted by molar-refractivity contribution is 5.40. The number of aliphatic hydroxyl groups excluding tert-OH is 1. The molecule has 0 saturated carbocycles. The van der Waals surface area contributed by atoms with Crippen LogP contribution in [0.1, 0.15) is 48.4 Å². The first-order chi connectivity index (χ1) is 6.61. The number of aliphatic hydroxyl groups is 1. The fourth-order valence-electron chi connectivity index (χ4n) is 1.91. The lowest BCUT2D eigenvalue weighted by Crippen LogP contribution is -2.01. The van der Waals surface area contributed by atoms with Crippen molar-refractivity contribution >= 4 is 0 Å². The highest BCUT2D eigenvalue weighted by atomic mass is 16.3. The fourth-order valence-corrected chi connectivity index (χ4v) is 1.91. The van der Waals surface area contributed by atoms with E-state index in [9.17, 15) is 5.11 Å². The van der Waals surface area contributed by atoms with Crippen LogP contribution in [-0.2, 0) is 6.61 Å². The molecule has 0 aliphatic heterocycles. The first-order valence-corrected chi connectivity index (χ1v) is 5.31. The molecule has 0 aromatic heterocycles. The van der Waals surface area contributed by atoms with Crippen LogP contribution in [0.25, 0.3) is 0 Å². The minimum Gasteiger partial charge on any atom is -0.392 e. The van der Waals surface area contributed by atoms with Gasteiger partial charge in [0.05, 0.1) is 6.61 Å². The first-order valence-electron chi connectivity index (χ1n) is 5.31. The van der Waals surface area contributed by atoms with Crippen LogP contribution >= 0.6 is 0 Å². The van der Waals surface area contributed by atoms with Crippen molar-refractivity contribution in [1.82, 2.24) is 0 Å². The maximum absolute atomic E-state index is 9.28. The Bertz CT molecular complexity index is 315. The summed E-state index contributed by atoms with van der Waals surface area (Å²) in [6.45, 7) is 8.75. The van der Waals surface area contributed by atoms with E-state index in [0.717, 1.165) is 12.0 Å². The third kappa shape index (κ3) is 1.98. The molecule has 1 unspecified atom stereocenters. The molecule has 1 rings (SSSR count). The molecule has 1 aromatic carbocycles. The lowest BCUT2D eigenvalue weighted by Gasteiger charge is -2.16. The van der Waals surface area contributed by atoms with Gasteiger partial charge in [-0.1, -0.05) is 26.0 Å². The average molecular weight is 192 g/mol. The fraction of sp³-hybridized carbons (Fsp3) is 0.538. The quantitative estimate of drug-likeness (QED) is 0.779. The predicted molar refractivity (Wildman–Crippen MR) is 60.5 cm³/mol. The number of hydrogen-bond donors (Lipinski definition) is 1. The van der Waals surface area contributed by atoms with Crippen molar-refractivity contribution in [2.24, 2.45) is 0 Å². The van der Waals surface area contributed by atoms with Gasteiger partial charge in [-0.15, -0.1) is 0 Å². The molecule has 1 atom stereocenters. The summed E-state index contributed by atoms with van der Waals surface area (Å²) in [6.07, 6.45) is 1.15. The molecule has 0 fully saturated rings. The lowest BCUT2D eigenvalue weighted by molar-refractivity contribution is 0.280. The SMILES string of the molecule is CCC(C)c1ccc(C)c(CO)c1C. The second-order valence-corrected chi connectivity index (χ2v) is 4.04. The van der Waals surface area contributed by atoms with Gasteiger partial charge in [0.2, 0.25) is 0 Å². The molecule has 0 aliphatic rings. The number of benzene rings is 1. The summed E-state index contributed by atoms with van der Waals surface area (Å²) >= 11 is 0. The average Bonchev–Trinajstić information content (AvgIpc) is 2.18. The van der Waals surface area contributed by atoms with Gasteiger partial charge >= 0.3 is 0 Å². The summed E-state index contributed by atoms with van der Waals surface area (Å²) in [4.78, 5) is 0. The number of aryl methyl sites for hydroxylation is 1. The van der Waals surface area contributed by atoms with E-state index >= 15 is 0 Å². The normalized spacial score (nSPS) is 12.9. The predicted octanol–water partition coefficient (Wildman–Crippen LogP) is 3.31. The van der Waals surface area contributed by atoms with E-state index in [-0.39, 0.29) is 6.61 Å². The van der Waals surface area contributed by atoms with Crippen LogP contribution in [0.5, 0.6) is 0 Å². The minimum atomic E-state index is 0.155. The van der Waals surface area contributed by atoms with E-state index < -0.39 is 0 Å². The van der Waals surface area contributed by atoms with E-state index in [2.05, 4.69) is 39.8 Å². The molecule has 0 amide bonds. The van der Waals surface area contributed by atoms with E-state index in [1.54, 1.807) is 0 Å². The van der Waals surface area contributed by atoms with Crippen LogP contribution in [0.15, 0.2) is 12.1 Å². The van der Waals surface area contributed by atoms with Gasteiger partial charge in [0.1, 0.15) is 0 Å². The smallest absolute Gasteiger partial charge is 0.0687 e. The van der Waals surface area contributed by atoms with Gasteiger partial charge < -0.3 is 5.11 Å². The van der Waals surface area contributed by atoms with Crippen LogP contribution in [0.3, 0.4) is 0 Å². The topological polar surface area (TPSA) is 20.2 Å². The van der Waals surface area contributed by atoms with Crippen LogP contribution in [0, 0.1) is 13.8 Å². The Labute approximate surface area is 86.8 Å². The van der Waals surface area contributed by atoms with Crippen molar-refractivity contribution in [3.63, 3.8) is 0 Å². The van der Waals surface area contributed by atoms with E-state index in [0.29, 0.717) is 5.92 Å². The maximum Gasteiger partial charge on any atom is 0.0687 e. The molecule has 1 N–H and O–H groups in total. The molecule has 1 nitrogen and oxygen atoms in total. The summed E-state index contributed by atoms with van der Waals surface area (Å²) < 4.78 is 0. The molecule has 14 heavy (non-hydrogen) atoms. The highest BCUT2D eigenvalue weighted by Gasteiger charge is 2.10. The zero-order valence-electron chi connectivity index (χ0n) is 9.59. The molecule has 78 valence electrons. The van der Waals surface area contributed by atoms with E-state index in [1.807, 2.05) is 0 Å². The van der Waals surface area contributed by atoms with E-state index in [1.165, 1.54) is 16.7 Å². The minimum absolute atomic E-state index is 0.155. The summed E-state index contributed by atoms with van der Waals surface area (Å²) in [5.74, 6) is 0.584. The highest BCUT2D eigenvalue weighted by Crippen LogP contribution is 2.26. The third-order valence-electron chi connectivity index (χ3n) is 3.18. The van der Waals surface area contributed by atoms with Gasteiger partial charge in [0, 0.05) is 0 Å². The Balaban J connectivity index is 3.21. The Morgan fingerprint density at radius 3 is 2.43 bits per heavy atom. The van der Waals surface area contributed by atoms with Gasteiger partial charge in [-0.25, -0.2) is 0 Å². The molecule has 1 aromatic rings. The Kier molecular flexibility index (Phi) is 3.70. The second-order valence-electron chi connectivity index (χ2n) is 4.04. The Hall–Kier alpha value is -0.820. The lowest BCUT2D eigenvalue weighted by atomic mass is 9.89. The molecule has 0 radical (unpaired) electrons. The summed E-state index contributed by atoms with van der Waals surface area (Å²) in [6, 6.07) is 4.30. The molecule has 1 heteroatoms. The summed E-state index contributed by atoms with van der Waals surface area (Å²) in [7, 11) is 0. The summed E-state index contributed by atoms with van der Waals surface area (Å²) in [5, 5.41) is 9.28. The van der Waals surface area contributed by atoms with Gasteiger partial charge in [-0.3, -0.25) is 0 Å². The van der Waals surface area contributed by atoms with Crippen molar-refractivity contribution in [1.29, 1.82) is 0 Å². The third-order valence-corrected chi connectivity index (χ3v) is 3.18. The number of hydrogen-bond acceptors (Lipinski definition) is 1. The first kappa shape index (κ1) is 11.3. The molecule has 0 aliphatic carbocycles. The molecule has 0 spiro atoms. The van der Waals surface area contributed by atoms with Crippen molar-refractivity contribution in [3.05, 3.63) is 34.4 Å². The van der Waals surface area contributed by atoms with Crippen LogP contribution in [0.4, 0.5) is 0 Å².